The van der Waals surface area contributed by atoms with Crippen molar-refractivity contribution in [1.82, 2.24) is 4.90 Å². The molecule has 1 saturated heterocycles. The van der Waals surface area contributed by atoms with Gasteiger partial charge in [-0.1, -0.05) is 23.2 Å². The van der Waals surface area contributed by atoms with E-state index < -0.39 is 11.9 Å². The molecule has 1 aromatic heterocycles. The molecule has 0 saturated carbocycles. The van der Waals surface area contributed by atoms with E-state index >= 15 is 0 Å². The maximum absolute atomic E-state index is 9.55. The van der Waals surface area contributed by atoms with Crippen LogP contribution in [0.1, 0.15) is 29.5 Å². The first kappa shape index (κ1) is 22.6. The van der Waals surface area contributed by atoms with E-state index in [0.717, 1.165) is 36.7 Å². The summed E-state index contributed by atoms with van der Waals surface area (Å²) in [6, 6.07) is 8.70. The molecule has 5 nitrogen and oxygen atoms in total. The normalized spacial score (nSPS) is 16.3. The molecule has 0 spiro atoms. The first-order valence-corrected chi connectivity index (χ1v) is 11.6. The molecule has 0 radical (unpaired) electrons. The van der Waals surface area contributed by atoms with Crippen molar-refractivity contribution in [3.05, 3.63) is 69.1 Å². The van der Waals surface area contributed by atoms with Crippen molar-refractivity contribution in [3.8, 4) is 0 Å². The number of thiophene rings is 1. The Labute approximate surface area is 188 Å². The van der Waals surface area contributed by atoms with Crippen LogP contribution in [-0.2, 0) is 15.3 Å². The number of hydrogen-bond donors (Lipinski definition) is 2. The number of piperidine rings is 1. The third-order valence-corrected chi connectivity index (χ3v) is 7.43. The summed E-state index contributed by atoms with van der Waals surface area (Å²) in [6.45, 7) is 2.31. The predicted molar refractivity (Wildman–Crippen MR) is 122 cm³/mol. The van der Waals surface area contributed by atoms with Crippen LogP contribution in [0.15, 0.2) is 51.6 Å². The number of carbonyl (C=O) groups is 2. The largest absolute Gasteiger partial charge is 0.478 e. The van der Waals surface area contributed by atoms with Crippen LogP contribution in [-0.4, -0.2) is 47.2 Å². The van der Waals surface area contributed by atoms with Gasteiger partial charge in [0.25, 0.3) is 0 Å². The zero-order valence-corrected chi connectivity index (χ0v) is 18.8. The SMILES string of the molecule is CN1CCC(=C2c3cc(Cl)ccc3CSc3sccc32)CC1.O=C(O)/C=C/C(=O)O. The average Bonchev–Trinajstić information content (AvgIpc) is 3.10. The van der Waals surface area contributed by atoms with Gasteiger partial charge < -0.3 is 15.1 Å². The molecule has 1 fully saturated rings. The number of halogens is 1. The summed E-state index contributed by atoms with van der Waals surface area (Å²) in [7, 11) is 2.21. The lowest BCUT2D eigenvalue weighted by atomic mass is 9.88. The van der Waals surface area contributed by atoms with E-state index in [4.69, 9.17) is 21.8 Å². The Morgan fingerprint density at radius 1 is 1.07 bits per heavy atom. The van der Waals surface area contributed by atoms with Crippen LogP contribution in [0.4, 0.5) is 0 Å². The second-order valence-electron chi connectivity index (χ2n) is 7.00. The first-order valence-electron chi connectivity index (χ1n) is 9.39. The van der Waals surface area contributed by atoms with E-state index in [1.54, 1.807) is 5.57 Å². The number of benzene rings is 1. The molecule has 3 heterocycles. The summed E-state index contributed by atoms with van der Waals surface area (Å²) < 4.78 is 1.45. The molecule has 0 atom stereocenters. The molecule has 2 aliphatic heterocycles. The second kappa shape index (κ2) is 10.3. The zero-order valence-electron chi connectivity index (χ0n) is 16.4. The molecule has 8 heteroatoms. The quantitative estimate of drug-likeness (QED) is 0.592. The minimum atomic E-state index is -1.26. The molecule has 0 unspecified atom stereocenters. The van der Waals surface area contributed by atoms with Crippen molar-refractivity contribution < 1.29 is 19.8 Å². The Balaban J connectivity index is 0.000000275. The molecule has 2 N–H and O–H groups in total. The molecular weight excluding hydrogens is 442 g/mol. The Kier molecular flexibility index (Phi) is 7.77. The van der Waals surface area contributed by atoms with Crippen LogP contribution >= 0.6 is 34.7 Å². The van der Waals surface area contributed by atoms with E-state index in [1.807, 2.05) is 29.2 Å². The topological polar surface area (TPSA) is 77.8 Å². The van der Waals surface area contributed by atoms with Gasteiger partial charge >= 0.3 is 11.9 Å². The van der Waals surface area contributed by atoms with Crippen molar-refractivity contribution in [1.29, 1.82) is 0 Å². The number of carboxylic acid groups (broad SMARTS) is 2. The third-order valence-electron chi connectivity index (χ3n) is 4.91. The molecular formula is C22H22ClNO4S2. The van der Waals surface area contributed by atoms with Gasteiger partial charge in [-0.15, -0.1) is 23.1 Å². The van der Waals surface area contributed by atoms with Crippen LogP contribution in [0.25, 0.3) is 5.57 Å². The van der Waals surface area contributed by atoms with Crippen molar-refractivity contribution in [2.75, 3.05) is 20.1 Å². The molecule has 4 rings (SSSR count). The number of hydrogen-bond acceptors (Lipinski definition) is 5. The Hall–Kier alpha value is -2.06. The molecule has 0 aliphatic carbocycles. The number of rotatable bonds is 2. The molecule has 158 valence electrons. The predicted octanol–water partition coefficient (Wildman–Crippen LogP) is 5.25. The molecule has 0 amide bonds. The van der Waals surface area contributed by atoms with Crippen LogP contribution in [0.5, 0.6) is 0 Å². The van der Waals surface area contributed by atoms with Crippen molar-refractivity contribution in [3.63, 3.8) is 0 Å². The van der Waals surface area contributed by atoms with Crippen molar-refractivity contribution in [2.24, 2.45) is 0 Å². The van der Waals surface area contributed by atoms with Crippen molar-refractivity contribution >= 4 is 52.2 Å². The third kappa shape index (κ3) is 5.76. The Bertz CT molecular complexity index is 986. The highest BCUT2D eigenvalue weighted by Gasteiger charge is 2.24. The standard InChI is InChI=1S/C18H18ClNS2.C4H4O4/c1-20-7-4-12(5-8-20)17-15-6-9-21-18(15)22-11-13-2-3-14(19)10-16(13)17;5-3(6)1-2-4(7)8/h2-3,6,9-10H,4-5,7-8,11H2,1H3;1-2H,(H,5,6)(H,7,8)/b;2-1+. The van der Waals surface area contributed by atoms with Crippen molar-refractivity contribution in [2.45, 2.75) is 22.8 Å². The lowest BCUT2D eigenvalue weighted by Crippen LogP contribution is -2.27. The maximum atomic E-state index is 9.55. The van der Waals surface area contributed by atoms with Gasteiger partial charge in [-0.25, -0.2) is 9.59 Å². The average molecular weight is 464 g/mol. The summed E-state index contributed by atoms with van der Waals surface area (Å²) in [5.41, 5.74) is 7.27. The van der Waals surface area contributed by atoms with E-state index in [2.05, 4.69) is 35.5 Å². The van der Waals surface area contributed by atoms with Crippen LogP contribution in [0, 0.1) is 0 Å². The number of aliphatic carboxylic acids is 2. The summed E-state index contributed by atoms with van der Waals surface area (Å²) in [6.07, 6.45) is 3.44. The first-order chi connectivity index (χ1) is 14.3. The number of likely N-dealkylation sites (tertiary alicyclic amines) is 1. The number of carboxylic acids is 2. The van der Waals surface area contributed by atoms with Gasteiger partial charge in [0, 0.05) is 41.6 Å². The van der Waals surface area contributed by atoms with E-state index in [1.165, 1.54) is 26.5 Å². The summed E-state index contributed by atoms with van der Waals surface area (Å²) >= 11 is 10.2. The summed E-state index contributed by atoms with van der Waals surface area (Å²) in [5.74, 6) is -1.48. The molecule has 1 aromatic carbocycles. The molecule has 30 heavy (non-hydrogen) atoms. The Morgan fingerprint density at radius 3 is 2.37 bits per heavy atom. The fourth-order valence-electron chi connectivity index (χ4n) is 3.45. The van der Waals surface area contributed by atoms with Gasteiger partial charge in [-0.2, -0.15) is 0 Å². The zero-order chi connectivity index (χ0) is 21.7. The van der Waals surface area contributed by atoms with E-state index in [9.17, 15) is 9.59 Å². The van der Waals surface area contributed by atoms with Crippen LogP contribution in [0.2, 0.25) is 5.02 Å². The van der Waals surface area contributed by atoms with Gasteiger partial charge in [-0.3, -0.25) is 0 Å². The second-order valence-corrected chi connectivity index (χ2v) is 9.60. The van der Waals surface area contributed by atoms with Gasteiger partial charge in [0.15, 0.2) is 0 Å². The monoisotopic (exact) mass is 463 g/mol. The smallest absolute Gasteiger partial charge is 0.328 e. The van der Waals surface area contributed by atoms with Gasteiger partial charge in [0.05, 0.1) is 4.21 Å². The van der Waals surface area contributed by atoms with Gasteiger partial charge in [0.1, 0.15) is 0 Å². The highest BCUT2D eigenvalue weighted by atomic mass is 35.5. The number of thioether (sulfide) groups is 1. The number of nitrogens with zero attached hydrogens (tertiary/aromatic N) is 1. The minimum absolute atomic E-state index is 0.558. The van der Waals surface area contributed by atoms with Gasteiger partial charge in [0.2, 0.25) is 0 Å². The van der Waals surface area contributed by atoms with Crippen LogP contribution < -0.4 is 0 Å². The Morgan fingerprint density at radius 2 is 1.73 bits per heavy atom. The van der Waals surface area contributed by atoms with E-state index in [0.29, 0.717) is 12.2 Å². The highest BCUT2D eigenvalue weighted by molar-refractivity contribution is 8.00. The summed E-state index contributed by atoms with van der Waals surface area (Å²) in [4.78, 5) is 21.5. The highest BCUT2D eigenvalue weighted by Crippen LogP contribution is 2.46. The maximum Gasteiger partial charge on any atom is 0.328 e. The fraction of sp³-hybridized carbons (Fsp3) is 0.273. The van der Waals surface area contributed by atoms with Crippen LogP contribution in [0.3, 0.4) is 0 Å². The molecule has 0 bridgehead atoms. The lowest BCUT2D eigenvalue weighted by molar-refractivity contribution is -0.134. The summed E-state index contributed by atoms with van der Waals surface area (Å²) in [5, 5.41) is 18.7. The van der Waals surface area contributed by atoms with Gasteiger partial charge in [-0.05, 0) is 60.2 Å². The molecule has 2 aliphatic rings. The molecule has 2 aromatic rings. The van der Waals surface area contributed by atoms with E-state index in [-0.39, 0.29) is 0 Å². The minimum Gasteiger partial charge on any atom is -0.478 e. The lowest BCUT2D eigenvalue weighted by Gasteiger charge is -2.27. The fourth-order valence-corrected chi connectivity index (χ4v) is 5.73. The number of fused-ring (bicyclic) bond motifs is 2.